The Morgan fingerprint density at radius 3 is 2.73 bits per heavy atom. The largest absolute Gasteiger partial charge is 0.381 e. The molecule has 15 heavy (non-hydrogen) atoms. The summed E-state index contributed by atoms with van der Waals surface area (Å²) in [7, 11) is 0. The summed E-state index contributed by atoms with van der Waals surface area (Å²) in [6, 6.07) is 9.28. The molecule has 1 saturated carbocycles. The Bertz CT molecular complexity index is 324. The molecule has 0 spiro atoms. The number of anilines is 1. The van der Waals surface area contributed by atoms with E-state index in [2.05, 4.69) is 42.8 Å². The number of hydrogen-bond donors (Lipinski definition) is 1. The molecular formula is C13H19NS. The fourth-order valence-corrected chi connectivity index (χ4v) is 2.89. The van der Waals surface area contributed by atoms with E-state index in [0.717, 1.165) is 5.92 Å². The van der Waals surface area contributed by atoms with E-state index in [0.29, 0.717) is 6.04 Å². The number of benzene rings is 1. The van der Waals surface area contributed by atoms with Crippen LogP contribution >= 0.6 is 11.8 Å². The van der Waals surface area contributed by atoms with E-state index in [1.807, 2.05) is 11.8 Å². The van der Waals surface area contributed by atoms with Crippen LogP contribution in [0.25, 0.3) is 0 Å². The lowest BCUT2D eigenvalue weighted by atomic mass is 10.1. The first kappa shape index (κ1) is 10.9. The summed E-state index contributed by atoms with van der Waals surface area (Å²) in [6.07, 6.45) is 6.21. The average Bonchev–Trinajstić information content (AvgIpc) is 2.65. The van der Waals surface area contributed by atoms with Gasteiger partial charge in [0.05, 0.1) is 0 Å². The minimum atomic E-state index is 0.679. The van der Waals surface area contributed by atoms with Gasteiger partial charge in [0.25, 0.3) is 0 Å². The lowest BCUT2D eigenvalue weighted by molar-refractivity contribution is 0.555. The lowest BCUT2D eigenvalue weighted by Gasteiger charge is -2.20. The highest BCUT2D eigenvalue weighted by molar-refractivity contribution is 7.98. The molecule has 0 unspecified atom stereocenters. The van der Waals surface area contributed by atoms with Gasteiger partial charge in [-0.1, -0.05) is 25.5 Å². The molecular weight excluding hydrogens is 202 g/mol. The monoisotopic (exact) mass is 221 g/mol. The predicted octanol–water partition coefficient (Wildman–Crippen LogP) is 4.01. The summed E-state index contributed by atoms with van der Waals surface area (Å²) in [6.45, 7) is 2.35. The summed E-state index contributed by atoms with van der Waals surface area (Å²) in [5.74, 6) is 0.819. The van der Waals surface area contributed by atoms with E-state index in [4.69, 9.17) is 0 Å². The molecule has 1 N–H and O–H groups in total. The second kappa shape index (κ2) is 4.93. The Labute approximate surface area is 96.7 Å². The lowest BCUT2D eigenvalue weighted by Crippen LogP contribution is -2.22. The molecule has 0 radical (unpaired) electrons. The first-order valence-corrected chi connectivity index (χ1v) is 6.93. The molecule has 1 nitrogen and oxygen atoms in total. The maximum atomic E-state index is 3.69. The fourth-order valence-electron chi connectivity index (χ4n) is 2.32. The zero-order chi connectivity index (χ0) is 10.7. The second-order valence-electron chi connectivity index (χ2n) is 4.36. The molecule has 82 valence electrons. The van der Waals surface area contributed by atoms with Gasteiger partial charge in [-0.15, -0.1) is 11.8 Å². The van der Waals surface area contributed by atoms with Crippen molar-refractivity contribution in [3.05, 3.63) is 24.3 Å². The maximum Gasteiger partial charge on any atom is 0.0480 e. The minimum Gasteiger partial charge on any atom is -0.381 e. The van der Waals surface area contributed by atoms with Gasteiger partial charge in [-0.2, -0.15) is 0 Å². The molecule has 0 aromatic heterocycles. The molecule has 1 aromatic carbocycles. The SMILES string of the molecule is CSc1ccccc1N[C@H]1CCC[C@H]1C. The summed E-state index contributed by atoms with van der Waals surface area (Å²) in [4.78, 5) is 1.36. The van der Waals surface area contributed by atoms with Crippen molar-refractivity contribution in [1.82, 2.24) is 0 Å². The van der Waals surface area contributed by atoms with Crippen LogP contribution < -0.4 is 5.32 Å². The molecule has 1 fully saturated rings. The van der Waals surface area contributed by atoms with Crippen molar-refractivity contribution in [1.29, 1.82) is 0 Å². The van der Waals surface area contributed by atoms with Crippen LogP contribution in [-0.2, 0) is 0 Å². The normalized spacial score (nSPS) is 25.5. The van der Waals surface area contributed by atoms with Crippen LogP contribution in [0.3, 0.4) is 0 Å². The molecule has 0 saturated heterocycles. The molecule has 0 bridgehead atoms. The smallest absolute Gasteiger partial charge is 0.0480 e. The van der Waals surface area contributed by atoms with E-state index in [1.165, 1.54) is 29.8 Å². The van der Waals surface area contributed by atoms with Gasteiger partial charge in [0, 0.05) is 16.6 Å². The summed E-state index contributed by atoms with van der Waals surface area (Å²) >= 11 is 1.82. The molecule has 0 aliphatic heterocycles. The third-order valence-corrected chi connectivity index (χ3v) is 4.11. The van der Waals surface area contributed by atoms with Crippen molar-refractivity contribution in [2.45, 2.75) is 37.1 Å². The summed E-state index contributed by atoms with van der Waals surface area (Å²) < 4.78 is 0. The van der Waals surface area contributed by atoms with Crippen LogP contribution in [0.15, 0.2) is 29.2 Å². The summed E-state index contributed by atoms with van der Waals surface area (Å²) in [5.41, 5.74) is 1.31. The van der Waals surface area contributed by atoms with Gasteiger partial charge in [-0.25, -0.2) is 0 Å². The van der Waals surface area contributed by atoms with E-state index >= 15 is 0 Å². The zero-order valence-corrected chi connectivity index (χ0v) is 10.3. The van der Waals surface area contributed by atoms with Gasteiger partial charge >= 0.3 is 0 Å². The van der Waals surface area contributed by atoms with E-state index < -0.39 is 0 Å². The van der Waals surface area contributed by atoms with Crippen molar-refractivity contribution >= 4 is 17.4 Å². The fraction of sp³-hybridized carbons (Fsp3) is 0.538. The Balaban J connectivity index is 2.09. The van der Waals surface area contributed by atoms with Crippen LogP contribution in [0.5, 0.6) is 0 Å². The molecule has 1 aromatic rings. The molecule has 2 atom stereocenters. The molecule has 0 heterocycles. The molecule has 2 rings (SSSR count). The number of nitrogens with one attached hydrogen (secondary N) is 1. The van der Waals surface area contributed by atoms with Crippen molar-refractivity contribution in [3.63, 3.8) is 0 Å². The maximum absolute atomic E-state index is 3.69. The van der Waals surface area contributed by atoms with Crippen molar-refractivity contribution in [3.8, 4) is 0 Å². The predicted molar refractivity (Wildman–Crippen MR) is 68.6 cm³/mol. The van der Waals surface area contributed by atoms with Gasteiger partial charge < -0.3 is 5.32 Å². The van der Waals surface area contributed by atoms with Gasteiger partial charge in [-0.3, -0.25) is 0 Å². The van der Waals surface area contributed by atoms with Crippen LogP contribution in [0, 0.1) is 5.92 Å². The quantitative estimate of drug-likeness (QED) is 0.774. The van der Waals surface area contributed by atoms with Gasteiger partial charge in [0.15, 0.2) is 0 Å². The first-order chi connectivity index (χ1) is 7.31. The number of rotatable bonds is 3. The van der Waals surface area contributed by atoms with Crippen LogP contribution in [-0.4, -0.2) is 12.3 Å². The van der Waals surface area contributed by atoms with Gasteiger partial charge in [0.2, 0.25) is 0 Å². The highest BCUT2D eigenvalue weighted by Gasteiger charge is 2.23. The Kier molecular flexibility index (Phi) is 3.57. The van der Waals surface area contributed by atoms with Crippen molar-refractivity contribution in [2.24, 2.45) is 5.92 Å². The highest BCUT2D eigenvalue weighted by atomic mass is 32.2. The number of para-hydroxylation sites is 1. The molecule has 1 aliphatic carbocycles. The molecule has 0 amide bonds. The standard InChI is InChI=1S/C13H19NS/c1-10-6-5-8-11(10)14-12-7-3-4-9-13(12)15-2/h3-4,7,9-11,14H,5-6,8H2,1-2H3/t10-,11+/m1/s1. The first-order valence-electron chi connectivity index (χ1n) is 5.71. The van der Waals surface area contributed by atoms with E-state index in [-0.39, 0.29) is 0 Å². The molecule has 2 heteroatoms. The van der Waals surface area contributed by atoms with Crippen molar-refractivity contribution in [2.75, 3.05) is 11.6 Å². The minimum absolute atomic E-state index is 0.679. The molecule has 1 aliphatic rings. The Morgan fingerprint density at radius 2 is 2.07 bits per heavy atom. The number of hydrogen-bond acceptors (Lipinski definition) is 2. The highest BCUT2D eigenvalue weighted by Crippen LogP contribution is 2.31. The topological polar surface area (TPSA) is 12.0 Å². The Morgan fingerprint density at radius 1 is 1.27 bits per heavy atom. The van der Waals surface area contributed by atoms with Crippen LogP contribution in [0.2, 0.25) is 0 Å². The van der Waals surface area contributed by atoms with Crippen molar-refractivity contribution < 1.29 is 0 Å². The third kappa shape index (κ3) is 2.49. The van der Waals surface area contributed by atoms with Gasteiger partial charge in [-0.05, 0) is 37.1 Å². The average molecular weight is 221 g/mol. The van der Waals surface area contributed by atoms with E-state index in [9.17, 15) is 0 Å². The van der Waals surface area contributed by atoms with Gasteiger partial charge in [0.1, 0.15) is 0 Å². The number of thioether (sulfide) groups is 1. The second-order valence-corrected chi connectivity index (χ2v) is 5.21. The third-order valence-electron chi connectivity index (χ3n) is 3.31. The van der Waals surface area contributed by atoms with Crippen LogP contribution in [0.1, 0.15) is 26.2 Å². The van der Waals surface area contributed by atoms with Crippen LogP contribution in [0.4, 0.5) is 5.69 Å². The zero-order valence-electron chi connectivity index (χ0n) is 9.49. The summed E-state index contributed by atoms with van der Waals surface area (Å²) in [5, 5.41) is 3.69. The van der Waals surface area contributed by atoms with E-state index in [1.54, 1.807) is 0 Å². The Hall–Kier alpha value is -0.630.